The molecule has 0 saturated carbocycles. The predicted octanol–water partition coefficient (Wildman–Crippen LogP) is 0.317. The molecule has 1 saturated heterocycles. The second-order valence-electron chi connectivity index (χ2n) is 3.32. The highest BCUT2D eigenvalue weighted by Crippen LogP contribution is 2.12. The van der Waals surface area contributed by atoms with Gasteiger partial charge in [-0.1, -0.05) is 11.8 Å². The fourth-order valence-corrected chi connectivity index (χ4v) is 1.64. The smallest absolute Gasteiger partial charge is 0.108 e. The Morgan fingerprint density at radius 2 is 2.07 bits per heavy atom. The second kappa shape index (κ2) is 7.13. The molecule has 0 bridgehead atoms. The van der Waals surface area contributed by atoms with Crippen LogP contribution in [0.1, 0.15) is 12.8 Å². The van der Waals surface area contributed by atoms with Gasteiger partial charge in [0.25, 0.3) is 0 Å². The van der Waals surface area contributed by atoms with Crippen LogP contribution < -0.4 is 5.73 Å². The minimum atomic E-state index is 0.368. The molecule has 0 aromatic rings. The van der Waals surface area contributed by atoms with Crippen LogP contribution in [-0.2, 0) is 4.74 Å². The number of piperidine rings is 1. The Morgan fingerprint density at radius 3 is 2.64 bits per heavy atom. The average Bonchev–Trinajstić information content (AvgIpc) is 2.25. The van der Waals surface area contributed by atoms with Gasteiger partial charge < -0.3 is 10.5 Å². The lowest BCUT2D eigenvalue weighted by atomic mass is 10.1. The molecule has 14 heavy (non-hydrogen) atoms. The highest BCUT2D eigenvalue weighted by Gasteiger charge is 2.17. The quantitative estimate of drug-likeness (QED) is 0.525. The number of hydrogen-bond acceptors (Lipinski definition) is 4. The van der Waals surface area contributed by atoms with Crippen molar-refractivity contribution in [2.75, 3.05) is 32.1 Å². The van der Waals surface area contributed by atoms with Crippen LogP contribution in [0.15, 0.2) is 0 Å². The number of thiol groups is 1. The van der Waals surface area contributed by atoms with Gasteiger partial charge in [0.2, 0.25) is 0 Å². The minimum absolute atomic E-state index is 0.368. The van der Waals surface area contributed by atoms with E-state index in [0.717, 1.165) is 25.9 Å². The lowest BCUT2D eigenvalue weighted by Crippen LogP contribution is -2.40. The highest BCUT2D eigenvalue weighted by atomic mass is 32.1. The molecule has 4 heteroatoms. The van der Waals surface area contributed by atoms with E-state index in [-0.39, 0.29) is 0 Å². The van der Waals surface area contributed by atoms with E-state index in [1.54, 1.807) is 0 Å². The van der Waals surface area contributed by atoms with Crippen LogP contribution in [-0.4, -0.2) is 43.1 Å². The van der Waals surface area contributed by atoms with E-state index in [0.29, 0.717) is 25.1 Å². The summed E-state index contributed by atoms with van der Waals surface area (Å²) in [6.45, 7) is 3.28. The minimum Gasteiger partial charge on any atom is -0.365 e. The number of nitrogens with zero attached hydrogens (tertiary/aromatic N) is 1. The van der Waals surface area contributed by atoms with Crippen LogP contribution in [0.25, 0.3) is 0 Å². The van der Waals surface area contributed by atoms with Gasteiger partial charge in [-0.25, -0.2) is 0 Å². The van der Waals surface area contributed by atoms with E-state index >= 15 is 0 Å². The fraction of sp³-hybridized carbons (Fsp3) is 0.800. The second-order valence-corrected chi connectivity index (χ2v) is 3.64. The van der Waals surface area contributed by atoms with Gasteiger partial charge in [-0.05, 0) is 12.8 Å². The summed E-state index contributed by atoms with van der Waals surface area (Å²) in [7, 11) is 0. The van der Waals surface area contributed by atoms with Crippen molar-refractivity contribution in [1.29, 1.82) is 0 Å². The van der Waals surface area contributed by atoms with Crippen molar-refractivity contribution in [3.63, 3.8) is 0 Å². The van der Waals surface area contributed by atoms with Crippen molar-refractivity contribution >= 4 is 12.6 Å². The third-order valence-electron chi connectivity index (χ3n) is 2.39. The van der Waals surface area contributed by atoms with E-state index < -0.39 is 0 Å². The molecule has 2 N–H and O–H groups in total. The van der Waals surface area contributed by atoms with E-state index in [9.17, 15) is 0 Å². The van der Waals surface area contributed by atoms with Crippen LogP contribution in [0.2, 0.25) is 0 Å². The maximum Gasteiger partial charge on any atom is 0.108 e. The lowest BCUT2D eigenvalue weighted by molar-refractivity contribution is 0.0252. The molecule has 1 fully saturated rings. The Labute approximate surface area is 91.4 Å². The Hall–Kier alpha value is -0.210. The van der Waals surface area contributed by atoms with Crippen molar-refractivity contribution < 1.29 is 4.74 Å². The summed E-state index contributed by atoms with van der Waals surface area (Å²) in [5.41, 5.74) is 5.54. The molecule has 0 aromatic carbocycles. The van der Waals surface area contributed by atoms with E-state index in [4.69, 9.17) is 10.5 Å². The molecule has 1 heterocycles. The molecule has 3 nitrogen and oxygen atoms in total. The summed E-state index contributed by atoms with van der Waals surface area (Å²) in [6.07, 6.45) is 2.51. The van der Waals surface area contributed by atoms with Gasteiger partial charge in [0.15, 0.2) is 0 Å². The van der Waals surface area contributed by atoms with Gasteiger partial charge in [-0.2, -0.15) is 12.6 Å². The van der Waals surface area contributed by atoms with Crippen LogP contribution in [0, 0.1) is 11.8 Å². The van der Waals surface area contributed by atoms with Crippen LogP contribution in [0.5, 0.6) is 0 Å². The van der Waals surface area contributed by atoms with Gasteiger partial charge in [-0.3, -0.25) is 4.90 Å². The molecule has 1 rings (SSSR count). The zero-order chi connectivity index (χ0) is 10.2. The molecule has 0 aromatic heterocycles. The largest absolute Gasteiger partial charge is 0.365 e. The first kappa shape index (κ1) is 11.9. The monoisotopic (exact) mass is 214 g/mol. The first-order valence-corrected chi connectivity index (χ1v) is 5.60. The zero-order valence-corrected chi connectivity index (χ0v) is 9.30. The van der Waals surface area contributed by atoms with Gasteiger partial charge in [-0.15, -0.1) is 0 Å². The molecule has 0 radical (unpaired) electrons. The summed E-state index contributed by atoms with van der Waals surface area (Å²) in [5.74, 6) is 6.39. The lowest BCUT2D eigenvalue weighted by Gasteiger charge is -2.30. The Morgan fingerprint density at radius 1 is 1.36 bits per heavy atom. The number of nitrogens with two attached hydrogens (primary N) is 1. The molecule has 80 valence electrons. The first-order valence-electron chi connectivity index (χ1n) is 4.97. The summed E-state index contributed by atoms with van der Waals surface area (Å²) < 4.78 is 5.60. The van der Waals surface area contributed by atoms with Gasteiger partial charge in [0.1, 0.15) is 6.61 Å². The topological polar surface area (TPSA) is 38.5 Å². The van der Waals surface area contributed by atoms with Crippen molar-refractivity contribution in [2.45, 2.75) is 18.9 Å². The normalized spacial score (nSPS) is 19.0. The van der Waals surface area contributed by atoms with Crippen molar-refractivity contribution in [3.05, 3.63) is 0 Å². The fourth-order valence-electron chi connectivity index (χ4n) is 1.52. The summed E-state index contributed by atoms with van der Waals surface area (Å²) >= 11 is 4.00. The first-order chi connectivity index (χ1) is 6.86. The third kappa shape index (κ3) is 4.34. The zero-order valence-electron chi connectivity index (χ0n) is 8.41. The molecule has 1 aliphatic heterocycles. The molecule has 0 amide bonds. The number of likely N-dealkylation sites (tertiary alicyclic amines) is 1. The number of rotatable bonds is 3. The number of hydrogen-bond donors (Lipinski definition) is 2. The van der Waals surface area contributed by atoms with E-state index in [2.05, 4.69) is 29.4 Å². The van der Waals surface area contributed by atoms with Gasteiger partial charge in [0.05, 0.1) is 11.9 Å². The van der Waals surface area contributed by atoms with Crippen LogP contribution >= 0.6 is 12.6 Å². The molecular formula is C10H18N2OS. The van der Waals surface area contributed by atoms with Gasteiger partial charge in [0, 0.05) is 19.8 Å². The Bertz CT molecular complexity index is 204. The highest BCUT2D eigenvalue weighted by molar-refractivity contribution is 7.80. The summed E-state index contributed by atoms with van der Waals surface area (Å²) in [5, 5.41) is 0. The maximum atomic E-state index is 5.60. The van der Waals surface area contributed by atoms with E-state index in [1.165, 1.54) is 0 Å². The molecule has 0 atom stereocenters. The molecule has 0 spiro atoms. The van der Waals surface area contributed by atoms with Crippen LogP contribution in [0.4, 0.5) is 0 Å². The van der Waals surface area contributed by atoms with Crippen molar-refractivity contribution in [2.24, 2.45) is 5.73 Å². The Balaban J connectivity index is 2.10. The SMILES string of the molecule is NCN1CCC(OCC#CCS)CC1. The molecular weight excluding hydrogens is 196 g/mol. The van der Waals surface area contributed by atoms with Crippen molar-refractivity contribution in [1.82, 2.24) is 4.90 Å². The maximum absolute atomic E-state index is 5.60. The standard InChI is InChI=1S/C10H18N2OS/c11-9-12-5-3-10(4-6-12)13-7-1-2-8-14/h10,14H,3-9,11H2. The Kier molecular flexibility index (Phi) is 6.04. The predicted molar refractivity (Wildman–Crippen MR) is 61.2 cm³/mol. The summed E-state index contributed by atoms with van der Waals surface area (Å²) in [4.78, 5) is 2.24. The molecule has 1 aliphatic rings. The molecule has 0 aliphatic carbocycles. The van der Waals surface area contributed by atoms with E-state index in [1.807, 2.05) is 0 Å². The van der Waals surface area contributed by atoms with Crippen molar-refractivity contribution in [3.8, 4) is 11.8 Å². The third-order valence-corrected chi connectivity index (χ3v) is 2.55. The molecule has 0 unspecified atom stereocenters. The number of ether oxygens (including phenoxy) is 1. The van der Waals surface area contributed by atoms with Gasteiger partial charge >= 0.3 is 0 Å². The van der Waals surface area contributed by atoms with Crippen LogP contribution in [0.3, 0.4) is 0 Å². The average molecular weight is 214 g/mol. The summed E-state index contributed by atoms with van der Waals surface area (Å²) in [6, 6.07) is 0.